The summed E-state index contributed by atoms with van der Waals surface area (Å²) in [5, 5.41) is 2.86. The van der Waals surface area contributed by atoms with Gasteiger partial charge in [0.2, 0.25) is 11.8 Å². The number of thiophene rings is 1. The standard InChI is InChI=1S/C18H20N2O3S/c1-10-3-6-13(24-10)16(21)19-7-2-8-20-17(22)14-11-4-5-12(9-11)15(14)18(20)23/h3-6,11-12,14-15H,2,7-9H2,1H3,(H,19,21)/t11-,12-,14-,15+/m0/s1. The van der Waals surface area contributed by atoms with Crippen LogP contribution in [-0.2, 0) is 9.59 Å². The van der Waals surface area contributed by atoms with Crippen LogP contribution in [0.4, 0.5) is 0 Å². The smallest absolute Gasteiger partial charge is 0.261 e. The lowest BCUT2D eigenvalue weighted by Gasteiger charge is -2.17. The van der Waals surface area contributed by atoms with E-state index < -0.39 is 0 Å². The minimum Gasteiger partial charge on any atom is -0.351 e. The van der Waals surface area contributed by atoms with E-state index >= 15 is 0 Å². The molecule has 0 radical (unpaired) electrons. The van der Waals surface area contributed by atoms with Crippen LogP contribution in [-0.4, -0.2) is 35.7 Å². The van der Waals surface area contributed by atoms with Crippen molar-refractivity contribution in [1.82, 2.24) is 10.2 Å². The molecule has 1 saturated heterocycles. The Morgan fingerprint density at radius 1 is 1.21 bits per heavy atom. The Kier molecular flexibility index (Phi) is 3.79. The SMILES string of the molecule is Cc1ccc(C(=O)NCCCN2C(=O)[C@@H]3[C@H](C2=O)[C@H]2C=C[C@H]3C2)s1. The Labute approximate surface area is 144 Å². The second-order valence-corrected chi connectivity index (χ2v) is 8.14. The molecule has 3 amide bonds. The molecule has 126 valence electrons. The number of aryl methyl sites for hydroxylation is 1. The zero-order chi connectivity index (χ0) is 16.8. The Hall–Kier alpha value is -1.95. The molecule has 0 unspecified atom stereocenters. The predicted octanol–water partition coefficient (Wildman–Crippen LogP) is 1.98. The van der Waals surface area contributed by atoms with E-state index in [1.165, 1.54) is 16.2 Å². The third-order valence-electron chi connectivity index (χ3n) is 5.37. The maximum atomic E-state index is 12.5. The molecule has 1 aliphatic heterocycles. The normalized spacial score (nSPS) is 30.3. The monoisotopic (exact) mass is 344 g/mol. The lowest BCUT2D eigenvalue weighted by Crippen LogP contribution is -2.35. The summed E-state index contributed by atoms with van der Waals surface area (Å²) >= 11 is 1.46. The van der Waals surface area contributed by atoms with Crippen molar-refractivity contribution in [2.24, 2.45) is 23.7 Å². The molecule has 1 saturated carbocycles. The van der Waals surface area contributed by atoms with Crippen molar-refractivity contribution in [1.29, 1.82) is 0 Å². The van der Waals surface area contributed by atoms with Gasteiger partial charge in [-0.2, -0.15) is 0 Å². The Balaban J connectivity index is 1.29. The highest BCUT2D eigenvalue weighted by molar-refractivity contribution is 7.13. The number of rotatable bonds is 5. The molecule has 4 atom stereocenters. The predicted molar refractivity (Wildman–Crippen MR) is 90.4 cm³/mol. The van der Waals surface area contributed by atoms with Crippen LogP contribution < -0.4 is 5.32 Å². The van der Waals surface area contributed by atoms with Crippen molar-refractivity contribution >= 4 is 29.1 Å². The van der Waals surface area contributed by atoms with Crippen LogP contribution >= 0.6 is 11.3 Å². The Morgan fingerprint density at radius 3 is 2.46 bits per heavy atom. The molecule has 2 fully saturated rings. The van der Waals surface area contributed by atoms with Gasteiger partial charge >= 0.3 is 0 Å². The zero-order valence-electron chi connectivity index (χ0n) is 13.5. The third kappa shape index (κ3) is 2.40. The second-order valence-electron chi connectivity index (χ2n) is 6.85. The third-order valence-corrected chi connectivity index (χ3v) is 6.37. The summed E-state index contributed by atoms with van der Waals surface area (Å²) in [6, 6.07) is 3.73. The number of carbonyl (C=O) groups excluding carboxylic acids is 3. The highest BCUT2D eigenvalue weighted by Crippen LogP contribution is 2.52. The van der Waals surface area contributed by atoms with Gasteiger partial charge in [-0.25, -0.2) is 0 Å². The van der Waals surface area contributed by atoms with Gasteiger partial charge in [-0.1, -0.05) is 12.2 Å². The van der Waals surface area contributed by atoms with Crippen LogP contribution in [0, 0.1) is 30.6 Å². The highest BCUT2D eigenvalue weighted by Gasteiger charge is 2.58. The molecule has 24 heavy (non-hydrogen) atoms. The van der Waals surface area contributed by atoms with Gasteiger partial charge < -0.3 is 5.32 Å². The van der Waals surface area contributed by atoms with Crippen LogP contribution in [0.5, 0.6) is 0 Å². The number of fused-ring (bicyclic) bond motifs is 5. The maximum absolute atomic E-state index is 12.5. The number of likely N-dealkylation sites (tertiary alicyclic amines) is 1. The average molecular weight is 344 g/mol. The van der Waals surface area contributed by atoms with E-state index in [-0.39, 0.29) is 41.4 Å². The molecule has 5 nitrogen and oxygen atoms in total. The van der Waals surface area contributed by atoms with E-state index in [1.54, 1.807) is 0 Å². The van der Waals surface area contributed by atoms with Crippen molar-refractivity contribution in [2.45, 2.75) is 19.8 Å². The maximum Gasteiger partial charge on any atom is 0.261 e. The first-order valence-electron chi connectivity index (χ1n) is 8.44. The summed E-state index contributed by atoms with van der Waals surface area (Å²) in [4.78, 5) is 40.2. The number of imide groups is 1. The summed E-state index contributed by atoms with van der Waals surface area (Å²) in [6.45, 7) is 2.83. The molecule has 1 N–H and O–H groups in total. The van der Waals surface area contributed by atoms with Crippen LogP contribution in [0.25, 0.3) is 0 Å². The molecule has 6 heteroatoms. The first-order chi connectivity index (χ1) is 11.6. The van der Waals surface area contributed by atoms with Gasteiger partial charge in [0.25, 0.3) is 5.91 Å². The molecular weight excluding hydrogens is 324 g/mol. The summed E-state index contributed by atoms with van der Waals surface area (Å²) in [6.07, 6.45) is 5.75. The molecule has 1 aromatic rings. The number of hydrogen-bond acceptors (Lipinski definition) is 4. The van der Waals surface area contributed by atoms with E-state index in [1.807, 2.05) is 19.1 Å². The molecule has 4 rings (SSSR count). The fourth-order valence-electron chi connectivity index (χ4n) is 4.27. The quantitative estimate of drug-likeness (QED) is 0.505. The Bertz CT molecular complexity index is 708. The molecule has 2 heterocycles. The molecule has 2 aliphatic carbocycles. The van der Waals surface area contributed by atoms with Crippen molar-refractivity contribution in [3.05, 3.63) is 34.0 Å². The van der Waals surface area contributed by atoms with Crippen molar-refractivity contribution in [3.8, 4) is 0 Å². The molecule has 0 spiro atoms. The first-order valence-corrected chi connectivity index (χ1v) is 9.26. The van der Waals surface area contributed by atoms with Crippen LogP contribution in [0.15, 0.2) is 24.3 Å². The van der Waals surface area contributed by atoms with Gasteiger partial charge in [0, 0.05) is 18.0 Å². The lowest BCUT2D eigenvalue weighted by molar-refractivity contribution is -0.140. The van der Waals surface area contributed by atoms with Crippen molar-refractivity contribution < 1.29 is 14.4 Å². The van der Waals surface area contributed by atoms with Crippen molar-refractivity contribution in [3.63, 3.8) is 0 Å². The number of nitrogens with zero attached hydrogens (tertiary/aromatic N) is 1. The minimum atomic E-state index is -0.129. The van der Waals surface area contributed by atoms with Gasteiger partial charge in [-0.05, 0) is 43.7 Å². The van der Waals surface area contributed by atoms with Crippen LogP contribution in [0.1, 0.15) is 27.4 Å². The molecular formula is C18H20N2O3S. The molecule has 2 bridgehead atoms. The second kappa shape index (κ2) is 5.84. The fourth-order valence-corrected chi connectivity index (χ4v) is 5.05. The van der Waals surface area contributed by atoms with Gasteiger partial charge in [-0.3, -0.25) is 19.3 Å². The van der Waals surface area contributed by atoms with Crippen molar-refractivity contribution in [2.75, 3.05) is 13.1 Å². The summed E-state index contributed by atoms with van der Waals surface area (Å²) in [7, 11) is 0. The summed E-state index contributed by atoms with van der Waals surface area (Å²) in [5.74, 6) is 0.134. The van der Waals surface area contributed by atoms with Gasteiger partial charge in [0.1, 0.15) is 0 Å². The van der Waals surface area contributed by atoms with Crippen LogP contribution in [0.3, 0.4) is 0 Å². The first kappa shape index (κ1) is 15.6. The van der Waals surface area contributed by atoms with E-state index in [4.69, 9.17) is 0 Å². The number of hydrogen-bond donors (Lipinski definition) is 1. The van der Waals surface area contributed by atoms with E-state index in [0.717, 1.165) is 11.3 Å². The van der Waals surface area contributed by atoms with E-state index in [9.17, 15) is 14.4 Å². The van der Waals surface area contributed by atoms with Crippen LogP contribution in [0.2, 0.25) is 0 Å². The number of nitrogens with one attached hydrogen (secondary N) is 1. The minimum absolute atomic E-state index is 0.0120. The van der Waals surface area contributed by atoms with E-state index in [0.29, 0.717) is 24.4 Å². The van der Waals surface area contributed by atoms with Gasteiger partial charge in [0.15, 0.2) is 0 Å². The topological polar surface area (TPSA) is 66.5 Å². The average Bonchev–Trinajstić information content (AvgIpc) is 3.31. The lowest BCUT2D eigenvalue weighted by atomic mass is 9.85. The fraction of sp³-hybridized carbons (Fsp3) is 0.500. The van der Waals surface area contributed by atoms with E-state index in [2.05, 4.69) is 17.5 Å². The number of carbonyl (C=O) groups is 3. The zero-order valence-corrected chi connectivity index (χ0v) is 14.3. The molecule has 1 aromatic heterocycles. The molecule has 3 aliphatic rings. The van der Waals surface area contributed by atoms with Gasteiger partial charge in [-0.15, -0.1) is 11.3 Å². The largest absolute Gasteiger partial charge is 0.351 e. The highest BCUT2D eigenvalue weighted by atomic mass is 32.1. The summed E-state index contributed by atoms with van der Waals surface area (Å²) in [5.41, 5.74) is 0. The summed E-state index contributed by atoms with van der Waals surface area (Å²) < 4.78 is 0. The number of amides is 3. The number of allylic oxidation sites excluding steroid dienone is 2. The molecule has 0 aromatic carbocycles. The van der Waals surface area contributed by atoms with Gasteiger partial charge in [0.05, 0.1) is 16.7 Å². The Morgan fingerprint density at radius 2 is 1.88 bits per heavy atom.